The van der Waals surface area contributed by atoms with Crippen LogP contribution in [0.25, 0.3) is 0 Å². The lowest BCUT2D eigenvalue weighted by molar-refractivity contribution is 0.0925. The van der Waals surface area contributed by atoms with Gasteiger partial charge in [0.1, 0.15) is 10.6 Å². The van der Waals surface area contributed by atoms with E-state index in [2.05, 4.69) is 5.32 Å². The Kier molecular flexibility index (Phi) is 7.81. The fraction of sp³-hybridized carbons (Fsp3) is 0.409. The summed E-state index contributed by atoms with van der Waals surface area (Å²) in [5, 5.41) is 3.03. The number of rotatable bonds is 9. The van der Waals surface area contributed by atoms with E-state index in [1.807, 2.05) is 44.2 Å². The van der Waals surface area contributed by atoms with Gasteiger partial charge in [-0.3, -0.25) is 4.79 Å². The third-order valence-corrected chi connectivity index (χ3v) is 6.93. The Bertz CT molecular complexity index is 923. The van der Waals surface area contributed by atoms with Gasteiger partial charge in [0, 0.05) is 18.7 Å². The summed E-state index contributed by atoms with van der Waals surface area (Å²) >= 11 is 0. The van der Waals surface area contributed by atoms with Crippen molar-refractivity contribution in [1.82, 2.24) is 9.62 Å². The molecule has 158 valence electrons. The number of hydrogen-bond acceptors (Lipinski definition) is 4. The summed E-state index contributed by atoms with van der Waals surface area (Å²) in [6.45, 7) is 8.28. The van der Waals surface area contributed by atoms with E-state index in [-0.39, 0.29) is 34.1 Å². The SMILES string of the molecule is CCN(CC)S(=O)(=O)c1cc(C(=O)NC(c2ccccc2)C(C)C)ccc1OC. The number of benzene rings is 2. The molecule has 0 saturated carbocycles. The van der Waals surface area contributed by atoms with Crippen LogP contribution in [0.2, 0.25) is 0 Å². The number of hydrogen-bond donors (Lipinski definition) is 1. The summed E-state index contributed by atoms with van der Waals surface area (Å²) in [5.74, 6) is 0.0570. The van der Waals surface area contributed by atoms with Gasteiger partial charge in [-0.05, 0) is 29.7 Å². The molecule has 1 unspecified atom stereocenters. The van der Waals surface area contributed by atoms with E-state index >= 15 is 0 Å². The summed E-state index contributed by atoms with van der Waals surface area (Å²) in [7, 11) is -2.35. The second kappa shape index (κ2) is 9.89. The number of ether oxygens (including phenoxy) is 1. The molecule has 0 aromatic heterocycles. The van der Waals surface area contributed by atoms with E-state index in [4.69, 9.17) is 4.74 Å². The van der Waals surface area contributed by atoms with Gasteiger partial charge in [-0.2, -0.15) is 4.31 Å². The number of amides is 1. The van der Waals surface area contributed by atoms with Crippen LogP contribution in [0, 0.1) is 5.92 Å². The molecule has 2 rings (SSSR count). The van der Waals surface area contributed by atoms with Crippen molar-refractivity contribution >= 4 is 15.9 Å². The normalized spacial score (nSPS) is 12.8. The van der Waals surface area contributed by atoms with Gasteiger partial charge in [0.05, 0.1) is 13.2 Å². The van der Waals surface area contributed by atoms with Crippen molar-refractivity contribution in [3.63, 3.8) is 0 Å². The van der Waals surface area contributed by atoms with Gasteiger partial charge < -0.3 is 10.1 Å². The van der Waals surface area contributed by atoms with Crippen LogP contribution in [0.4, 0.5) is 0 Å². The zero-order valence-electron chi connectivity index (χ0n) is 17.7. The van der Waals surface area contributed by atoms with E-state index in [1.54, 1.807) is 19.9 Å². The second-order valence-electron chi connectivity index (χ2n) is 7.06. The van der Waals surface area contributed by atoms with Crippen LogP contribution in [0.1, 0.15) is 49.7 Å². The summed E-state index contributed by atoms with van der Waals surface area (Å²) in [6, 6.07) is 14.0. The Balaban J connectivity index is 2.41. The molecule has 2 aromatic rings. The monoisotopic (exact) mass is 418 g/mol. The molecule has 0 heterocycles. The van der Waals surface area contributed by atoms with E-state index in [0.717, 1.165) is 5.56 Å². The maximum absolute atomic E-state index is 13.0. The maximum Gasteiger partial charge on any atom is 0.251 e. The molecule has 0 aliphatic heterocycles. The van der Waals surface area contributed by atoms with Crippen LogP contribution in [0.3, 0.4) is 0 Å². The molecule has 0 radical (unpaired) electrons. The van der Waals surface area contributed by atoms with Crippen molar-refractivity contribution in [3.8, 4) is 5.75 Å². The van der Waals surface area contributed by atoms with Crippen molar-refractivity contribution < 1.29 is 17.9 Å². The highest BCUT2D eigenvalue weighted by atomic mass is 32.2. The molecule has 0 saturated heterocycles. The van der Waals surface area contributed by atoms with Gasteiger partial charge >= 0.3 is 0 Å². The number of sulfonamides is 1. The minimum absolute atomic E-state index is 0.00263. The number of methoxy groups -OCH3 is 1. The Morgan fingerprint density at radius 1 is 1.07 bits per heavy atom. The van der Waals surface area contributed by atoms with Gasteiger partial charge in [0.15, 0.2) is 0 Å². The Morgan fingerprint density at radius 3 is 2.21 bits per heavy atom. The molecular weight excluding hydrogens is 388 g/mol. The third kappa shape index (κ3) is 5.16. The van der Waals surface area contributed by atoms with Gasteiger partial charge in [-0.25, -0.2) is 8.42 Å². The Morgan fingerprint density at radius 2 is 1.69 bits per heavy atom. The third-order valence-electron chi connectivity index (χ3n) is 4.86. The van der Waals surface area contributed by atoms with Gasteiger partial charge in [-0.1, -0.05) is 58.0 Å². The minimum Gasteiger partial charge on any atom is -0.495 e. The van der Waals surface area contributed by atoms with Crippen LogP contribution in [-0.4, -0.2) is 38.8 Å². The Hall–Kier alpha value is -2.38. The number of nitrogens with one attached hydrogen (secondary N) is 1. The first kappa shape index (κ1) is 22.9. The van der Waals surface area contributed by atoms with Crippen LogP contribution in [0.5, 0.6) is 5.75 Å². The second-order valence-corrected chi connectivity index (χ2v) is 8.97. The quantitative estimate of drug-likeness (QED) is 0.671. The molecule has 0 aliphatic rings. The zero-order chi connectivity index (χ0) is 21.6. The number of carbonyl (C=O) groups is 1. The summed E-state index contributed by atoms with van der Waals surface area (Å²) in [4.78, 5) is 13.0. The molecule has 1 atom stereocenters. The fourth-order valence-corrected chi connectivity index (χ4v) is 4.88. The molecular formula is C22H30N2O4S. The molecule has 2 aromatic carbocycles. The number of nitrogens with zero attached hydrogens (tertiary/aromatic N) is 1. The molecule has 0 spiro atoms. The highest BCUT2D eigenvalue weighted by Crippen LogP contribution is 2.29. The highest BCUT2D eigenvalue weighted by molar-refractivity contribution is 7.89. The van der Waals surface area contributed by atoms with E-state index in [0.29, 0.717) is 13.1 Å². The average Bonchev–Trinajstić information content (AvgIpc) is 2.72. The molecule has 0 bridgehead atoms. The average molecular weight is 419 g/mol. The van der Waals surface area contributed by atoms with Crippen LogP contribution in [-0.2, 0) is 10.0 Å². The zero-order valence-corrected chi connectivity index (χ0v) is 18.5. The highest BCUT2D eigenvalue weighted by Gasteiger charge is 2.27. The molecule has 1 amide bonds. The predicted molar refractivity (Wildman–Crippen MR) is 115 cm³/mol. The molecule has 0 aliphatic carbocycles. The molecule has 6 nitrogen and oxygen atoms in total. The van der Waals surface area contributed by atoms with Crippen molar-refractivity contribution in [3.05, 3.63) is 59.7 Å². The van der Waals surface area contributed by atoms with Gasteiger partial charge in [0.2, 0.25) is 10.0 Å². The molecule has 29 heavy (non-hydrogen) atoms. The van der Waals surface area contributed by atoms with Gasteiger partial charge in [0.25, 0.3) is 5.91 Å². The predicted octanol–water partition coefficient (Wildman–Crippen LogP) is 3.85. The molecule has 1 N–H and O–H groups in total. The minimum atomic E-state index is -3.77. The van der Waals surface area contributed by atoms with Gasteiger partial charge in [-0.15, -0.1) is 0 Å². The lowest BCUT2D eigenvalue weighted by atomic mass is 9.95. The summed E-state index contributed by atoms with van der Waals surface area (Å²) in [5.41, 5.74) is 1.28. The van der Waals surface area contributed by atoms with Crippen molar-refractivity contribution in [2.24, 2.45) is 5.92 Å². The van der Waals surface area contributed by atoms with Crippen LogP contribution >= 0.6 is 0 Å². The lowest BCUT2D eigenvalue weighted by Gasteiger charge is -2.24. The molecule has 7 heteroatoms. The topological polar surface area (TPSA) is 75.7 Å². The smallest absolute Gasteiger partial charge is 0.251 e. The van der Waals surface area contributed by atoms with Crippen LogP contribution in [0.15, 0.2) is 53.4 Å². The first-order valence-electron chi connectivity index (χ1n) is 9.80. The van der Waals surface area contributed by atoms with Crippen LogP contribution < -0.4 is 10.1 Å². The van der Waals surface area contributed by atoms with Crippen molar-refractivity contribution in [2.75, 3.05) is 20.2 Å². The first-order chi connectivity index (χ1) is 13.8. The van der Waals surface area contributed by atoms with E-state index < -0.39 is 10.0 Å². The van der Waals surface area contributed by atoms with Crippen molar-refractivity contribution in [2.45, 2.75) is 38.6 Å². The Labute approximate surface area is 173 Å². The maximum atomic E-state index is 13.0. The molecule has 0 fully saturated rings. The standard InChI is InChI=1S/C22H30N2O4S/c1-6-24(7-2)29(26,27)20-15-18(13-14-19(20)28-5)22(25)23-21(16(3)4)17-11-9-8-10-12-17/h8-16,21H,6-7H2,1-5H3,(H,23,25). The van der Waals surface area contributed by atoms with Crippen molar-refractivity contribution in [1.29, 1.82) is 0 Å². The van der Waals surface area contributed by atoms with E-state index in [1.165, 1.54) is 23.5 Å². The number of carbonyl (C=O) groups excluding carboxylic acids is 1. The first-order valence-corrected chi connectivity index (χ1v) is 11.2. The fourth-order valence-electron chi connectivity index (χ4n) is 3.24. The summed E-state index contributed by atoms with van der Waals surface area (Å²) < 4.78 is 32.6. The van der Waals surface area contributed by atoms with E-state index in [9.17, 15) is 13.2 Å². The summed E-state index contributed by atoms with van der Waals surface area (Å²) in [6.07, 6.45) is 0. The largest absolute Gasteiger partial charge is 0.495 e. The lowest BCUT2D eigenvalue weighted by Crippen LogP contribution is -2.33.